The third kappa shape index (κ3) is 5.09. The SMILES string of the molecule is COc1cccc(-c2coc3cc(OC)c(/C(C)=C/C(=O)NCCCN4CCCC4=O)cc23)c1. The van der Waals surface area contributed by atoms with Crippen LogP contribution in [-0.4, -0.2) is 50.6 Å². The summed E-state index contributed by atoms with van der Waals surface area (Å²) in [6, 6.07) is 11.6. The van der Waals surface area contributed by atoms with Crippen molar-refractivity contribution in [3.8, 4) is 22.6 Å². The van der Waals surface area contributed by atoms with E-state index in [1.807, 2.05) is 48.2 Å². The van der Waals surface area contributed by atoms with Crippen molar-refractivity contribution >= 4 is 28.4 Å². The number of hydrogen-bond acceptors (Lipinski definition) is 5. The molecule has 0 bridgehead atoms. The van der Waals surface area contributed by atoms with Gasteiger partial charge in [0.05, 0.1) is 20.5 Å². The molecule has 1 fully saturated rings. The van der Waals surface area contributed by atoms with Gasteiger partial charge in [-0.25, -0.2) is 0 Å². The molecule has 1 N–H and O–H groups in total. The summed E-state index contributed by atoms with van der Waals surface area (Å²) < 4.78 is 16.7. The molecule has 7 nitrogen and oxygen atoms in total. The first-order chi connectivity index (χ1) is 16.5. The monoisotopic (exact) mass is 462 g/mol. The maximum absolute atomic E-state index is 12.5. The number of rotatable bonds is 9. The minimum atomic E-state index is -0.174. The molecule has 34 heavy (non-hydrogen) atoms. The van der Waals surface area contributed by atoms with E-state index in [2.05, 4.69) is 5.32 Å². The Balaban J connectivity index is 1.51. The number of carbonyl (C=O) groups is 2. The van der Waals surface area contributed by atoms with Crippen LogP contribution in [0.1, 0.15) is 31.7 Å². The highest BCUT2D eigenvalue weighted by atomic mass is 16.5. The summed E-state index contributed by atoms with van der Waals surface area (Å²) in [6.07, 6.45) is 5.60. The average molecular weight is 463 g/mol. The van der Waals surface area contributed by atoms with Crippen molar-refractivity contribution in [3.05, 3.63) is 54.3 Å². The smallest absolute Gasteiger partial charge is 0.244 e. The molecule has 0 radical (unpaired) electrons. The van der Waals surface area contributed by atoms with E-state index in [4.69, 9.17) is 13.9 Å². The zero-order valence-corrected chi connectivity index (χ0v) is 19.8. The Hall–Kier alpha value is -3.74. The van der Waals surface area contributed by atoms with Crippen LogP contribution in [0.4, 0.5) is 0 Å². The number of nitrogens with one attached hydrogen (secondary N) is 1. The van der Waals surface area contributed by atoms with E-state index in [0.29, 0.717) is 30.8 Å². The van der Waals surface area contributed by atoms with Crippen molar-refractivity contribution in [3.63, 3.8) is 0 Å². The molecule has 0 spiro atoms. The lowest BCUT2D eigenvalue weighted by atomic mass is 9.99. The molecule has 1 aromatic heterocycles. The lowest BCUT2D eigenvalue weighted by Crippen LogP contribution is -2.30. The standard InChI is InChI=1S/C27H30N2O5/c1-18(13-26(30)28-10-6-12-29-11-5-9-27(29)31)21-15-22-23(17-34-25(22)16-24(21)33-3)19-7-4-8-20(14-19)32-2/h4,7-8,13-17H,5-6,9-12H2,1-3H3,(H,28,30)/b18-13+. The van der Waals surface area contributed by atoms with Gasteiger partial charge in [-0.3, -0.25) is 9.59 Å². The van der Waals surface area contributed by atoms with Crippen LogP contribution in [0.5, 0.6) is 11.5 Å². The van der Waals surface area contributed by atoms with Gasteiger partial charge in [0.2, 0.25) is 11.8 Å². The molecule has 0 saturated carbocycles. The van der Waals surface area contributed by atoms with Gasteiger partial charge in [-0.1, -0.05) is 12.1 Å². The number of amides is 2. The largest absolute Gasteiger partial charge is 0.497 e. The fraction of sp³-hybridized carbons (Fsp3) is 0.333. The van der Waals surface area contributed by atoms with E-state index < -0.39 is 0 Å². The summed E-state index contributed by atoms with van der Waals surface area (Å²) in [5.41, 5.74) is 4.21. The average Bonchev–Trinajstić information content (AvgIpc) is 3.46. The number of carbonyl (C=O) groups excluding carboxylic acids is 2. The van der Waals surface area contributed by atoms with Gasteiger partial charge >= 0.3 is 0 Å². The summed E-state index contributed by atoms with van der Waals surface area (Å²) in [5.74, 6) is 1.43. The highest BCUT2D eigenvalue weighted by Gasteiger charge is 2.19. The van der Waals surface area contributed by atoms with Crippen LogP contribution in [0.25, 0.3) is 27.7 Å². The molecule has 0 atom stereocenters. The molecule has 1 saturated heterocycles. The zero-order valence-electron chi connectivity index (χ0n) is 19.8. The van der Waals surface area contributed by atoms with Crippen molar-refractivity contribution in [1.82, 2.24) is 10.2 Å². The number of fused-ring (bicyclic) bond motifs is 1. The first kappa shape index (κ1) is 23.4. The summed E-state index contributed by atoms with van der Waals surface area (Å²) in [7, 11) is 3.24. The predicted octanol–water partition coefficient (Wildman–Crippen LogP) is 4.65. The maximum Gasteiger partial charge on any atom is 0.244 e. The van der Waals surface area contributed by atoms with Crippen molar-refractivity contribution in [2.24, 2.45) is 0 Å². The van der Waals surface area contributed by atoms with Crippen LogP contribution in [0, 0.1) is 0 Å². The molecular weight excluding hydrogens is 432 g/mol. The van der Waals surface area contributed by atoms with E-state index >= 15 is 0 Å². The fourth-order valence-corrected chi connectivity index (χ4v) is 4.29. The molecule has 4 rings (SSSR count). The molecule has 2 amide bonds. The molecule has 2 aromatic carbocycles. The molecule has 3 aromatic rings. The third-order valence-electron chi connectivity index (χ3n) is 6.12. The highest BCUT2D eigenvalue weighted by molar-refractivity contribution is 6.00. The first-order valence-electron chi connectivity index (χ1n) is 11.5. The van der Waals surface area contributed by atoms with Gasteiger partial charge in [0.1, 0.15) is 17.1 Å². The number of nitrogens with zero attached hydrogens (tertiary/aromatic N) is 1. The number of furan rings is 1. The molecule has 7 heteroatoms. The molecule has 0 unspecified atom stereocenters. The minimum Gasteiger partial charge on any atom is -0.497 e. The van der Waals surface area contributed by atoms with E-state index in [1.54, 1.807) is 26.6 Å². The number of methoxy groups -OCH3 is 2. The Morgan fingerprint density at radius 1 is 1.21 bits per heavy atom. The van der Waals surface area contributed by atoms with Crippen molar-refractivity contribution < 1.29 is 23.5 Å². The molecule has 1 aliphatic heterocycles. The first-order valence-corrected chi connectivity index (χ1v) is 11.5. The molecule has 178 valence electrons. The van der Waals surface area contributed by atoms with E-state index in [-0.39, 0.29) is 11.8 Å². The van der Waals surface area contributed by atoms with Crippen LogP contribution >= 0.6 is 0 Å². The van der Waals surface area contributed by atoms with Crippen molar-refractivity contribution in [1.29, 1.82) is 0 Å². The molecular formula is C27H30N2O5. The van der Waals surface area contributed by atoms with Gasteiger partial charge in [-0.15, -0.1) is 0 Å². The van der Waals surface area contributed by atoms with Crippen LogP contribution in [0.2, 0.25) is 0 Å². The lowest BCUT2D eigenvalue weighted by molar-refractivity contribution is -0.127. The minimum absolute atomic E-state index is 0.174. The van der Waals surface area contributed by atoms with Crippen LogP contribution in [-0.2, 0) is 9.59 Å². The van der Waals surface area contributed by atoms with Crippen LogP contribution < -0.4 is 14.8 Å². The lowest BCUT2D eigenvalue weighted by Gasteiger charge is -2.15. The molecule has 2 heterocycles. The maximum atomic E-state index is 12.5. The van der Waals surface area contributed by atoms with Gasteiger partial charge in [-0.2, -0.15) is 0 Å². The summed E-state index contributed by atoms with van der Waals surface area (Å²) in [5, 5.41) is 3.84. The summed E-state index contributed by atoms with van der Waals surface area (Å²) in [6.45, 7) is 3.90. The summed E-state index contributed by atoms with van der Waals surface area (Å²) in [4.78, 5) is 26.1. The number of allylic oxidation sites excluding steroid dienone is 1. The van der Waals surface area contributed by atoms with Gasteiger partial charge < -0.3 is 24.1 Å². The van der Waals surface area contributed by atoms with E-state index in [1.165, 1.54) is 0 Å². The second kappa shape index (κ2) is 10.5. The van der Waals surface area contributed by atoms with Crippen LogP contribution in [0.3, 0.4) is 0 Å². The van der Waals surface area contributed by atoms with Gasteiger partial charge in [0.25, 0.3) is 0 Å². The number of benzene rings is 2. The highest BCUT2D eigenvalue weighted by Crippen LogP contribution is 2.38. The summed E-state index contributed by atoms with van der Waals surface area (Å²) >= 11 is 0. The Kier molecular flexibility index (Phi) is 7.21. The van der Waals surface area contributed by atoms with Crippen LogP contribution in [0.15, 0.2) is 53.2 Å². The van der Waals surface area contributed by atoms with Gasteiger partial charge in [0, 0.05) is 54.7 Å². The van der Waals surface area contributed by atoms with Crippen molar-refractivity contribution in [2.45, 2.75) is 26.2 Å². The fourth-order valence-electron chi connectivity index (χ4n) is 4.29. The number of hydrogen-bond donors (Lipinski definition) is 1. The third-order valence-corrected chi connectivity index (χ3v) is 6.12. The zero-order chi connectivity index (χ0) is 24.1. The molecule has 0 aliphatic carbocycles. The molecule has 1 aliphatic rings. The predicted molar refractivity (Wildman–Crippen MR) is 132 cm³/mol. The van der Waals surface area contributed by atoms with E-state index in [9.17, 15) is 9.59 Å². The number of likely N-dealkylation sites (tertiary alicyclic amines) is 1. The van der Waals surface area contributed by atoms with Gasteiger partial charge in [-0.05, 0) is 49.1 Å². The normalized spacial score (nSPS) is 14.0. The van der Waals surface area contributed by atoms with E-state index in [0.717, 1.165) is 52.8 Å². The topological polar surface area (TPSA) is 81.0 Å². The quantitative estimate of drug-likeness (QED) is 0.370. The van der Waals surface area contributed by atoms with Crippen molar-refractivity contribution in [2.75, 3.05) is 33.9 Å². The number of ether oxygens (including phenoxy) is 2. The second-order valence-corrected chi connectivity index (χ2v) is 8.39. The second-order valence-electron chi connectivity index (χ2n) is 8.39. The Morgan fingerprint density at radius 2 is 2.06 bits per heavy atom. The Bertz CT molecular complexity index is 1230. The van der Waals surface area contributed by atoms with Gasteiger partial charge in [0.15, 0.2) is 0 Å². The Morgan fingerprint density at radius 3 is 2.79 bits per heavy atom. The Labute approximate surface area is 199 Å².